The number of para-hydroxylation sites is 1. The lowest BCUT2D eigenvalue weighted by Gasteiger charge is -2.11. The van der Waals surface area contributed by atoms with Gasteiger partial charge in [0, 0.05) is 29.6 Å². The number of hydrogen-bond donors (Lipinski definition) is 3. The third-order valence-corrected chi connectivity index (χ3v) is 3.78. The van der Waals surface area contributed by atoms with Crippen molar-refractivity contribution in [1.82, 2.24) is 15.6 Å². The number of aromatic nitrogens is 1. The van der Waals surface area contributed by atoms with Crippen molar-refractivity contribution in [3.8, 4) is 0 Å². The smallest absolute Gasteiger partial charge is 0.242 e. The first kappa shape index (κ1) is 12.7. The van der Waals surface area contributed by atoms with Gasteiger partial charge in [0.05, 0.1) is 0 Å². The number of aryl methyl sites for hydroxylation is 1. The summed E-state index contributed by atoms with van der Waals surface area (Å²) in [6.07, 6.45) is 1.02. The van der Waals surface area contributed by atoms with Crippen molar-refractivity contribution in [3.63, 3.8) is 0 Å². The minimum Gasteiger partial charge on any atom is -0.358 e. The summed E-state index contributed by atoms with van der Waals surface area (Å²) < 4.78 is 0. The molecule has 1 unspecified atom stereocenters. The number of carbonyl (C=O) groups excluding carboxylic acids is 2. The Balaban J connectivity index is 1.72. The summed E-state index contributed by atoms with van der Waals surface area (Å²) >= 11 is 0. The second kappa shape index (κ2) is 5.00. The third-order valence-electron chi connectivity index (χ3n) is 3.78. The van der Waals surface area contributed by atoms with E-state index < -0.39 is 0 Å². The minimum atomic E-state index is -0.381. The van der Waals surface area contributed by atoms with Gasteiger partial charge in [-0.15, -0.1) is 0 Å². The molecule has 3 rings (SSSR count). The van der Waals surface area contributed by atoms with Gasteiger partial charge in [0.15, 0.2) is 0 Å². The highest BCUT2D eigenvalue weighted by Crippen LogP contribution is 2.21. The zero-order chi connectivity index (χ0) is 14.1. The normalized spacial score (nSPS) is 18.2. The first-order chi connectivity index (χ1) is 9.65. The number of benzene rings is 1. The van der Waals surface area contributed by atoms with E-state index in [1.165, 1.54) is 0 Å². The van der Waals surface area contributed by atoms with E-state index in [2.05, 4.69) is 15.6 Å². The van der Waals surface area contributed by atoms with Gasteiger partial charge in [0.25, 0.3) is 0 Å². The summed E-state index contributed by atoms with van der Waals surface area (Å²) in [5.41, 5.74) is 3.23. The number of H-pyrrole nitrogens is 1. The van der Waals surface area contributed by atoms with Crippen LogP contribution in [0.2, 0.25) is 0 Å². The highest BCUT2D eigenvalue weighted by molar-refractivity contribution is 5.91. The quantitative estimate of drug-likeness (QED) is 0.789. The van der Waals surface area contributed by atoms with E-state index in [4.69, 9.17) is 0 Å². The van der Waals surface area contributed by atoms with E-state index in [0.717, 1.165) is 22.2 Å². The molecule has 1 aliphatic heterocycles. The number of nitrogens with one attached hydrogen (secondary N) is 3. The van der Waals surface area contributed by atoms with Crippen LogP contribution in [0.4, 0.5) is 0 Å². The van der Waals surface area contributed by atoms with Crippen molar-refractivity contribution in [2.75, 3.05) is 0 Å². The maximum atomic E-state index is 12.0. The van der Waals surface area contributed by atoms with E-state index >= 15 is 0 Å². The van der Waals surface area contributed by atoms with Crippen LogP contribution < -0.4 is 10.6 Å². The molecule has 1 aromatic heterocycles. The first-order valence-electron chi connectivity index (χ1n) is 6.78. The average molecular weight is 271 g/mol. The molecule has 104 valence electrons. The van der Waals surface area contributed by atoms with Gasteiger partial charge < -0.3 is 15.6 Å². The summed E-state index contributed by atoms with van der Waals surface area (Å²) in [6.45, 7) is 2.47. The van der Waals surface area contributed by atoms with Crippen molar-refractivity contribution in [1.29, 1.82) is 0 Å². The van der Waals surface area contributed by atoms with Crippen LogP contribution in [0.15, 0.2) is 24.3 Å². The molecule has 2 heterocycles. The van der Waals surface area contributed by atoms with Crippen LogP contribution in [0.25, 0.3) is 10.9 Å². The zero-order valence-electron chi connectivity index (χ0n) is 11.3. The van der Waals surface area contributed by atoms with Crippen molar-refractivity contribution in [2.45, 2.75) is 32.4 Å². The Hall–Kier alpha value is -2.30. The van der Waals surface area contributed by atoms with Gasteiger partial charge in [-0.05, 0) is 25.0 Å². The van der Waals surface area contributed by atoms with Crippen LogP contribution in [0.3, 0.4) is 0 Å². The molecule has 1 aliphatic rings. The predicted octanol–water partition coefficient (Wildman–Crippen LogP) is 1.37. The molecule has 0 spiro atoms. The van der Waals surface area contributed by atoms with Crippen LogP contribution in [-0.2, 0) is 16.1 Å². The van der Waals surface area contributed by atoms with Crippen LogP contribution >= 0.6 is 0 Å². The Bertz CT molecular complexity index is 675. The Labute approximate surface area is 116 Å². The SMILES string of the molecule is Cc1[nH]c2ccccc2c1CNC(=O)C1CCC(=O)N1. The fourth-order valence-corrected chi connectivity index (χ4v) is 2.67. The standard InChI is InChI=1S/C15H17N3O2/c1-9-11(10-4-2-3-5-12(10)17-9)8-16-15(20)13-6-7-14(19)18-13/h2-5,13,17H,6-8H2,1H3,(H,16,20)(H,18,19). The van der Waals surface area contributed by atoms with Crippen LogP contribution in [0, 0.1) is 6.92 Å². The van der Waals surface area contributed by atoms with Crippen molar-refractivity contribution >= 4 is 22.7 Å². The molecule has 0 saturated carbocycles. The molecule has 0 aliphatic carbocycles. The van der Waals surface area contributed by atoms with Gasteiger partial charge in [-0.2, -0.15) is 0 Å². The van der Waals surface area contributed by atoms with Gasteiger partial charge in [0.2, 0.25) is 11.8 Å². The molecule has 0 radical (unpaired) electrons. The van der Waals surface area contributed by atoms with Crippen LogP contribution in [0.1, 0.15) is 24.1 Å². The molecule has 1 fully saturated rings. The van der Waals surface area contributed by atoms with Gasteiger partial charge in [-0.1, -0.05) is 18.2 Å². The second-order valence-corrected chi connectivity index (χ2v) is 5.15. The second-order valence-electron chi connectivity index (χ2n) is 5.15. The van der Waals surface area contributed by atoms with Crippen molar-refractivity contribution < 1.29 is 9.59 Å². The van der Waals surface area contributed by atoms with E-state index in [0.29, 0.717) is 19.4 Å². The molecule has 1 aromatic carbocycles. The lowest BCUT2D eigenvalue weighted by Crippen LogP contribution is -2.41. The molecule has 1 atom stereocenters. The highest BCUT2D eigenvalue weighted by Gasteiger charge is 2.27. The lowest BCUT2D eigenvalue weighted by molar-refractivity contribution is -0.125. The van der Waals surface area contributed by atoms with Gasteiger partial charge in [-0.3, -0.25) is 9.59 Å². The Kier molecular flexibility index (Phi) is 3.18. The third kappa shape index (κ3) is 2.27. The summed E-state index contributed by atoms with van der Waals surface area (Å²) in [4.78, 5) is 26.4. The largest absolute Gasteiger partial charge is 0.358 e. The summed E-state index contributed by atoms with van der Waals surface area (Å²) in [5.74, 6) is -0.158. The molecular formula is C15H17N3O2. The number of fused-ring (bicyclic) bond motifs is 1. The van der Waals surface area contributed by atoms with Crippen LogP contribution in [0.5, 0.6) is 0 Å². The molecule has 2 aromatic rings. The average Bonchev–Trinajstić information content (AvgIpc) is 2.99. The summed E-state index contributed by atoms with van der Waals surface area (Å²) in [5, 5.41) is 6.71. The Morgan fingerprint density at radius 3 is 2.95 bits per heavy atom. The molecule has 20 heavy (non-hydrogen) atoms. The lowest BCUT2D eigenvalue weighted by atomic mass is 10.1. The molecule has 5 heteroatoms. The van der Waals surface area contributed by atoms with E-state index in [-0.39, 0.29) is 17.9 Å². The van der Waals surface area contributed by atoms with Crippen molar-refractivity contribution in [3.05, 3.63) is 35.5 Å². The predicted molar refractivity (Wildman–Crippen MR) is 76.0 cm³/mol. The van der Waals surface area contributed by atoms with E-state index in [9.17, 15) is 9.59 Å². The number of amides is 2. The molecule has 3 N–H and O–H groups in total. The van der Waals surface area contributed by atoms with Crippen LogP contribution in [-0.4, -0.2) is 22.8 Å². The summed E-state index contributed by atoms with van der Waals surface area (Å²) in [7, 11) is 0. The van der Waals surface area contributed by atoms with E-state index in [1.807, 2.05) is 31.2 Å². The van der Waals surface area contributed by atoms with Gasteiger partial charge in [0.1, 0.15) is 6.04 Å². The molecule has 0 bridgehead atoms. The van der Waals surface area contributed by atoms with Gasteiger partial charge >= 0.3 is 0 Å². The highest BCUT2D eigenvalue weighted by atomic mass is 16.2. The fourth-order valence-electron chi connectivity index (χ4n) is 2.67. The fraction of sp³-hybridized carbons (Fsp3) is 0.333. The number of aromatic amines is 1. The maximum Gasteiger partial charge on any atom is 0.242 e. The molecular weight excluding hydrogens is 254 g/mol. The topological polar surface area (TPSA) is 74.0 Å². The Morgan fingerprint density at radius 2 is 2.20 bits per heavy atom. The minimum absolute atomic E-state index is 0.0478. The molecule has 5 nitrogen and oxygen atoms in total. The zero-order valence-corrected chi connectivity index (χ0v) is 11.3. The van der Waals surface area contributed by atoms with E-state index in [1.54, 1.807) is 0 Å². The van der Waals surface area contributed by atoms with Gasteiger partial charge in [-0.25, -0.2) is 0 Å². The number of hydrogen-bond acceptors (Lipinski definition) is 2. The maximum absolute atomic E-state index is 12.0. The number of rotatable bonds is 3. The molecule has 2 amide bonds. The monoisotopic (exact) mass is 271 g/mol. The summed E-state index contributed by atoms with van der Waals surface area (Å²) in [6, 6.07) is 7.64. The Morgan fingerprint density at radius 1 is 1.40 bits per heavy atom. The number of carbonyl (C=O) groups is 2. The molecule has 1 saturated heterocycles. The first-order valence-corrected chi connectivity index (χ1v) is 6.78. The van der Waals surface area contributed by atoms with Crippen molar-refractivity contribution in [2.24, 2.45) is 0 Å².